The maximum atomic E-state index is 8.96. The fourth-order valence-corrected chi connectivity index (χ4v) is 1.77. The zero-order chi connectivity index (χ0) is 13.0. The number of aromatic nitrogens is 1. The van der Waals surface area contributed by atoms with Crippen molar-refractivity contribution in [2.45, 2.75) is 19.5 Å². The van der Waals surface area contributed by atoms with Gasteiger partial charge in [-0.05, 0) is 19.1 Å². The van der Waals surface area contributed by atoms with Crippen molar-refractivity contribution in [2.75, 3.05) is 13.7 Å². The van der Waals surface area contributed by atoms with Crippen molar-refractivity contribution in [2.24, 2.45) is 0 Å². The lowest BCUT2D eigenvalue weighted by Crippen LogP contribution is -2.28. The maximum absolute atomic E-state index is 8.96. The first-order valence-corrected chi connectivity index (χ1v) is 6.01. The second-order valence-electron chi connectivity index (χ2n) is 4.30. The molecular formula is C14H18N2O2. The average Bonchev–Trinajstić information content (AvgIpc) is 2.43. The van der Waals surface area contributed by atoms with Crippen molar-refractivity contribution >= 4 is 10.9 Å². The van der Waals surface area contributed by atoms with Crippen LogP contribution in [0.4, 0.5) is 0 Å². The predicted octanol–water partition coefficient (Wildman–Crippen LogP) is 1.71. The summed E-state index contributed by atoms with van der Waals surface area (Å²) in [4.78, 5) is 4.58. The first-order chi connectivity index (χ1) is 8.74. The molecule has 0 radical (unpaired) electrons. The monoisotopic (exact) mass is 246 g/mol. The van der Waals surface area contributed by atoms with Crippen molar-refractivity contribution < 1.29 is 9.84 Å². The number of nitrogens with zero attached hydrogens (tertiary/aromatic N) is 1. The summed E-state index contributed by atoms with van der Waals surface area (Å²) >= 11 is 0. The van der Waals surface area contributed by atoms with Gasteiger partial charge in [0.1, 0.15) is 11.3 Å². The van der Waals surface area contributed by atoms with Gasteiger partial charge in [-0.3, -0.25) is 0 Å². The molecule has 18 heavy (non-hydrogen) atoms. The van der Waals surface area contributed by atoms with Gasteiger partial charge in [0.2, 0.25) is 0 Å². The van der Waals surface area contributed by atoms with Crippen molar-refractivity contribution in [3.63, 3.8) is 0 Å². The van der Waals surface area contributed by atoms with Gasteiger partial charge in [-0.15, -0.1) is 0 Å². The van der Waals surface area contributed by atoms with E-state index >= 15 is 0 Å². The Morgan fingerprint density at radius 2 is 2.17 bits per heavy atom. The van der Waals surface area contributed by atoms with Gasteiger partial charge >= 0.3 is 0 Å². The minimum Gasteiger partial charge on any atom is -0.494 e. The number of ether oxygens (including phenoxy) is 1. The van der Waals surface area contributed by atoms with E-state index in [4.69, 9.17) is 9.84 Å². The smallest absolute Gasteiger partial charge is 0.145 e. The second kappa shape index (κ2) is 5.80. The highest BCUT2D eigenvalue weighted by atomic mass is 16.5. The lowest BCUT2D eigenvalue weighted by molar-refractivity contribution is 0.250. The number of fused-ring (bicyclic) bond motifs is 1. The number of rotatable bonds is 5. The second-order valence-corrected chi connectivity index (χ2v) is 4.30. The summed E-state index contributed by atoms with van der Waals surface area (Å²) in [6.45, 7) is 2.69. The van der Waals surface area contributed by atoms with Gasteiger partial charge < -0.3 is 15.2 Å². The van der Waals surface area contributed by atoms with Crippen LogP contribution in [0.1, 0.15) is 12.6 Å². The van der Waals surface area contributed by atoms with E-state index in [1.54, 1.807) is 7.11 Å². The zero-order valence-corrected chi connectivity index (χ0v) is 10.7. The summed E-state index contributed by atoms with van der Waals surface area (Å²) in [5.74, 6) is 0.782. The van der Waals surface area contributed by atoms with Gasteiger partial charge in [0.15, 0.2) is 0 Å². The number of hydrogen-bond donors (Lipinski definition) is 2. The van der Waals surface area contributed by atoms with E-state index in [-0.39, 0.29) is 12.6 Å². The number of aliphatic hydroxyl groups is 1. The van der Waals surface area contributed by atoms with E-state index in [0.717, 1.165) is 22.3 Å². The topological polar surface area (TPSA) is 54.4 Å². The van der Waals surface area contributed by atoms with Crippen molar-refractivity contribution in [3.05, 3.63) is 36.0 Å². The van der Waals surface area contributed by atoms with Crippen LogP contribution in [-0.4, -0.2) is 29.8 Å². The molecule has 2 rings (SSSR count). The number of para-hydroxylation sites is 1. The van der Waals surface area contributed by atoms with Gasteiger partial charge in [-0.1, -0.05) is 18.2 Å². The Balaban J connectivity index is 2.25. The normalized spacial score (nSPS) is 12.6. The molecule has 0 saturated carbocycles. The lowest BCUT2D eigenvalue weighted by Gasteiger charge is -2.11. The summed E-state index contributed by atoms with van der Waals surface area (Å²) in [5, 5.41) is 13.2. The van der Waals surface area contributed by atoms with E-state index in [2.05, 4.69) is 10.3 Å². The minimum atomic E-state index is 0.0696. The van der Waals surface area contributed by atoms with Gasteiger partial charge in [0.25, 0.3) is 0 Å². The van der Waals surface area contributed by atoms with E-state index < -0.39 is 0 Å². The molecule has 1 aromatic carbocycles. The van der Waals surface area contributed by atoms with Crippen LogP contribution in [0.5, 0.6) is 5.75 Å². The molecule has 4 heteroatoms. The van der Waals surface area contributed by atoms with Crippen LogP contribution in [0, 0.1) is 0 Å². The molecule has 1 heterocycles. The summed E-state index contributed by atoms with van der Waals surface area (Å²) in [5.41, 5.74) is 1.81. The largest absolute Gasteiger partial charge is 0.494 e. The standard InChI is InChI=1S/C14H18N2O2/c1-10(9-17)15-8-12-7-6-11-4-3-5-13(18-2)14(11)16-12/h3-7,10,15,17H,8-9H2,1-2H3/t10-/m1/s1. The molecule has 0 fully saturated rings. The number of hydrogen-bond acceptors (Lipinski definition) is 4. The third kappa shape index (κ3) is 2.78. The molecule has 0 spiro atoms. The van der Waals surface area contributed by atoms with Crippen LogP contribution in [-0.2, 0) is 6.54 Å². The van der Waals surface area contributed by atoms with Crippen molar-refractivity contribution in [3.8, 4) is 5.75 Å². The molecule has 0 saturated heterocycles. The molecular weight excluding hydrogens is 228 g/mol. The van der Waals surface area contributed by atoms with Crippen LogP contribution in [0.25, 0.3) is 10.9 Å². The fourth-order valence-electron chi connectivity index (χ4n) is 1.77. The summed E-state index contributed by atoms with van der Waals surface area (Å²) in [6.07, 6.45) is 0. The number of aliphatic hydroxyl groups excluding tert-OH is 1. The van der Waals surface area contributed by atoms with E-state index in [1.165, 1.54) is 0 Å². The maximum Gasteiger partial charge on any atom is 0.145 e. The van der Waals surface area contributed by atoms with Crippen molar-refractivity contribution in [1.29, 1.82) is 0 Å². The molecule has 0 amide bonds. The highest BCUT2D eigenvalue weighted by Gasteiger charge is 2.05. The van der Waals surface area contributed by atoms with Gasteiger partial charge in [0, 0.05) is 18.0 Å². The fraction of sp³-hybridized carbons (Fsp3) is 0.357. The average molecular weight is 246 g/mol. The van der Waals surface area contributed by atoms with E-state index in [0.29, 0.717) is 6.54 Å². The summed E-state index contributed by atoms with van der Waals surface area (Å²) in [6, 6.07) is 9.96. The molecule has 1 atom stereocenters. The Morgan fingerprint density at radius 3 is 2.89 bits per heavy atom. The molecule has 1 aromatic heterocycles. The summed E-state index contributed by atoms with van der Waals surface area (Å²) < 4.78 is 5.31. The predicted molar refractivity (Wildman–Crippen MR) is 71.7 cm³/mol. The minimum absolute atomic E-state index is 0.0696. The molecule has 0 bridgehead atoms. The van der Waals surface area contributed by atoms with Gasteiger partial charge in [-0.2, -0.15) is 0 Å². The third-order valence-corrected chi connectivity index (χ3v) is 2.87. The van der Waals surface area contributed by atoms with Crippen LogP contribution < -0.4 is 10.1 Å². The van der Waals surface area contributed by atoms with Crippen LogP contribution >= 0.6 is 0 Å². The SMILES string of the molecule is COc1cccc2ccc(CN[C@H](C)CO)nc12. The molecule has 4 nitrogen and oxygen atoms in total. The highest BCUT2D eigenvalue weighted by Crippen LogP contribution is 2.23. The number of pyridine rings is 1. The Labute approximate surface area is 107 Å². The molecule has 2 N–H and O–H groups in total. The number of methoxy groups -OCH3 is 1. The summed E-state index contributed by atoms with van der Waals surface area (Å²) in [7, 11) is 1.65. The van der Waals surface area contributed by atoms with Crippen LogP contribution in [0.3, 0.4) is 0 Å². The quantitative estimate of drug-likeness (QED) is 0.843. The number of nitrogens with one attached hydrogen (secondary N) is 1. The molecule has 0 unspecified atom stereocenters. The first kappa shape index (κ1) is 12.8. The molecule has 96 valence electrons. The number of benzene rings is 1. The van der Waals surface area contributed by atoms with Crippen LogP contribution in [0.15, 0.2) is 30.3 Å². The molecule has 2 aromatic rings. The highest BCUT2D eigenvalue weighted by molar-refractivity contribution is 5.84. The van der Waals surface area contributed by atoms with E-state index in [9.17, 15) is 0 Å². The Kier molecular flexibility index (Phi) is 4.12. The van der Waals surface area contributed by atoms with E-state index in [1.807, 2.05) is 37.3 Å². The third-order valence-electron chi connectivity index (χ3n) is 2.87. The molecule has 0 aliphatic heterocycles. The Morgan fingerprint density at radius 1 is 1.33 bits per heavy atom. The lowest BCUT2D eigenvalue weighted by atomic mass is 10.2. The zero-order valence-electron chi connectivity index (χ0n) is 10.7. The Hall–Kier alpha value is -1.65. The first-order valence-electron chi connectivity index (χ1n) is 6.01. The Bertz CT molecular complexity index is 528. The molecule has 0 aliphatic carbocycles. The van der Waals surface area contributed by atoms with Gasteiger partial charge in [0.05, 0.1) is 19.4 Å². The van der Waals surface area contributed by atoms with Gasteiger partial charge in [-0.25, -0.2) is 4.98 Å². The molecule has 0 aliphatic rings. The van der Waals surface area contributed by atoms with Crippen LogP contribution in [0.2, 0.25) is 0 Å². The van der Waals surface area contributed by atoms with Crippen molar-refractivity contribution in [1.82, 2.24) is 10.3 Å².